The molecule has 1 N–H and O–H groups in total. The maximum Gasteiger partial charge on any atom is 0.412 e. The Kier molecular flexibility index (Phi) is 6.73. The highest BCUT2D eigenvalue weighted by atomic mass is 35.5. The van der Waals surface area contributed by atoms with E-state index in [1.807, 2.05) is 31.7 Å². The van der Waals surface area contributed by atoms with Gasteiger partial charge in [0, 0.05) is 16.1 Å². The van der Waals surface area contributed by atoms with Gasteiger partial charge in [-0.1, -0.05) is 11.6 Å². The number of hydrogen-bond donors (Lipinski definition) is 1. The summed E-state index contributed by atoms with van der Waals surface area (Å²) in [6, 6.07) is 4.71. The fourth-order valence-electron chi connectivity index (χ4n) is 3.14. The number of anilines is 1. The molecule has 7 nitrogen and oxygen atoms in total. The van der Waals surface area contributed by atoms with E-state index >= 15 is 0 Å². The Morgan fingerprint density at radius 2 is 1.80 bits per heavy atom. The minimum absolute atomic E-state index is 0.210. The van der Waals surface area contributed by atoms with Crippen LogP contribution in [-0.4, -0.2) is 33.7 Å². The smallest absolute Gasteiger partial charge is 0.412 e. The predicted octanol–water partition coefficient (Wildman–Crippen LogP) is 5.30. The lowest BCUT2D eigenvalue weighted by Crippen LogP contribution is -2.47. The van der Waals surface area contributed by atoms with E-state index in [-0.39, 0.29) is 11.1 Å². The lowest BCUT2D eigenvalue weighted by atomic mass is 10.1. The van der Waals surface area contributed by atoms with Gasteiger partial charge < -0.3 is 9.84 Å². The number of carbonyl (C=O) groups excluding carboxylic acids is 1. The van der Waals surface area contributed by atoms with E-state index in [2.05, 4.69) is 4.99 Å². The first-order valence-corrected chi connectivity index (χ1v) is 10.5. The van der Waals surface area contributed by atoms with Crippen LogP contribution in [0, 0.1) is 6.92 Å². The van der Waals surface area contributed by atoms with Gasteiger partial charge in [-0.15, -0.1) is 0 Å². The Morgan fingerprint density at radius 1 is 1.20 bits per heavy atom. The molecule has 1 heterocycles. The van der Waals surface area contributed by atoms with Gasteiger partial charge in [-0.3, -0.25) is 13.7 Å². The van der Waals surface area contributed by atoms with Crippen LogP contribution in [-0.2, 0) is 5.54 Å². The van der Waals surface area contributed by atoms with Crippen molar-refractivity contribution >= 4 is 40.8 Å². The highest BCUT2D eigenvalue weighted by Gasteiger charge is 2.34. The molecule has 0 aliphatic rings. The summed E-state index contributed by atoms with van der Waals surface area (Å²) in [5.41, 5.74) is 0.255. The largest absolute Gasteiger partial charge is 0.496 e. The van der Waals surface area contributed by atoms with Gasteiger partial charge in [-0.05, 0) is 78.2 Å². The Balaban J connectivity index is 2.84. The molecule has 0 saturated heterocycles. The van der Waals surface area contributed by atoms with Crippen LogP contribution in [0.5, 0.6) is 5.75 Å². The first-order valence-electron chi connectivity index (χ1n) is 9.37. The third kappa shape index (κ3) is 4.87. The molecule has 1 aromatic heterocycles. The number of methoxy groups -OCH3 is 1. The molecule has 1 aromatic carbocycles. The number of amides is 2. The average molecular weight is 454 g/mol. The fourth-order valence-corrected chi connectivity index (χ4v) is 4.43. The number of carbonyl (C=O) groups is 2. The van der Waals surface area contributed by atoms with Crippen LogP contribution in [0.4, 0.5) is 10.5 Å². The zero-order chi connectivity index (χ0) is 23.0. The standard InChI is InChI=1S/C21H28ClN3O4S/c1-12-16(24(19(27)28)20(2,3)4)18(30-25(12)21(5,6)7)23-17(26)14-11-13(22)9-10-15(14)29-8/h9-11H,1-8H3,(H,27,28). The third-order valence-electron chi connectivity index (χ3n) is 4.32. The van der Waals surface area contributed by atoms with Crippen molar-refractivity contribution in [1.29, 1.82) is 0 Å². The molecular weight excluding hydrogens is 426 g/mol. The summed E-state index contributed by atoms with van der Waals surface area (Å²) < 4.78 is 7.54. The minimum Gasteiger partial charge on any atom is -0.496 e. The van der Waals surface area contributed by atoms with Crippen LogP contribution in [0.1, 0.15) is 57.6 Å². The van der Waals surface area contributed by atoms with Crippen molar-refractivity contribution in [3.8, 4) is 5.75 Å². The van der Waals surface area contributed by atoms with E-state index in [0.717, 1.165) is 5.69 Å². The molecule has 0 saturated carbocycles. The number of rotatable bonds is 3. The Bertz CT molecular complexity index is 1040. The highest BCUT2D eigenvalue weighted by molar-refractivity contribution is 7.04. The number of hydrogen-bond acceptors (Lipinski definition) is 4. The summed E-state index contributed by atoms with van der Waals surface area (Å²) in [5, 5.41) is 10.3. The van der Waals surface area contributed by atoms with Crippen LogP contribution in [0.15, 0.2) is 23.2 Å². The quantitative estimate of drug-likeness (QED) is 0.683. The molecule has 0 unspecified atom stereocenters. The zero-order valence-corrected chi connectivity index (χ0v) is 20.1. The summed E-state index contributed by atoms with van der Waals surface area (Å²) in [6.45, 7) is 13.3. The second kappa shape index (κ2) is 8.43. The molecular formula is C21H28ClN3O4S. The lowest BCUT2D eigenvalue weighted by molar-refractivity contribution is 0.0995. The third-order valence-corrected chi connectivity index (χ3v) is 6.01. The summed E-state index contributed by atoms with van der Waals surface area (Å²) in [5.74, 6) is -0.213. The topological polar surface area (TPSA) is 84.1 Å². The monoisotopic (exact) mass is 453 g/mol. The van der Waals surface area contributed by atoms with E-state index in [1.54, 1.807) is 32.9 Å². The number of halogens is 1. The van der Waals surface area contributed by atoms with Gasteiger partial charge in [0.15, 0.2) is 4.67 Å². The normalized spacial score (nSPS) is 12.8. The van der Waals surface area contributed by atoms with Crippen molar-refractivity contribution in [2.24, 2.45) is 4.99 Å². The van der Waals surface area contributed by atoms with Crippen molar-refractivity contribution in [2.45, 2.75) is 59.5 Å². The lowest BCUT2D eigenvalue weighted by Gasteiger charge is -2.33. The predicted molar refractivity (Wildman–Crippen MR) is 120 cm³/mol. The van der Waals surface area contributed by atoms with Gasteiger partial charge in [-0.25, -0.2) is 4.79 Å². The maximum atomic E-state index is 13.0. The second-order valence-corrected chi connectivity index (χ2v) is 10.2. The van der Waals surface area contributed by atoms with E-state index in [9.17, 15) is 14.7 Å². The number of ether oxygens (including phenoxy) is 1. The van der Waals surface area contributed by atoms with E-state index in [1.165, 1.54) is 29.6 Å². The average Bonchev–Trinajstić information content (AvgIpc) is 2.90. The maximum absolute atomic E-state index is 13.0. The Hall–Kier alpha value is -2.32. The second-order valence-electron chi connectivity index (χ2n) is 8.85. The van der Waals surface area contributed by atoms with Gasteiger partial charge in [0.1, 0.15) is 11.4 Å². The molecule has 0 fully saturated rings. The number of carboxylic acid groups (broad SMARTS) is 1. The van der Waals surface area contributed by atoms with Gasteiger partial charge in [0.2, 0.25) is 0 Å². The summed E-state index contributed by atoms with van der Waals surface area (Å²) in [4.78, 5) is 30.8. The zero-order valence-electron chi connectivity index (χ0n) is 18.5. The van der Waals surface area contributed by atoms with Gasteiger partial charge >= 0.3 is 6.09 Å². The van der Waals surface area contributed by atoms with Crippen LogP contribution >= 0.6 is 23.1 Å². The Labute approximate surface area is 185 Å². The first kappa shape index (κ1) is 24.0. The van der Waals surface area contributed by atoms with Crippen molar-refractivity contribution < 1.29 is 19.4 Å². The molecule has 0 aliphatic heterocycles. The molecule has 2 rings (SSSR count). The van der Waals surface area contributed by atoms with E-state index in [0.29, 0.717) is 21.1 Å². The molecule has 2 aromatic rings. The molecule has 0 bridgehead atoms. The Morgan fingerprint density at radius 3 is 2.27 bits per heavy atom. The minimum atomic E-state index is -1.12. The van der Waals surface area contributed by atoms with Gasteiger partial charge in [-0.2, -0.15) is 4.99 Å². The highest BCUT2D eigenvalue weighted by Crippen LogP contribution is 2.31. The van der Waals surface area contributed by atoms with Crippen molar-refractivity contribution in [3.63, 3.8) is 0 Å². The fraction of sp³-hybridized carbons (Fsp3) is 0.476. The van der Waals surface area contributed by atoms with Crippen molar-refractivity contribution in [2.75, 3.05) is 12.0 Å². The molecule has 0 radical (unpaired) electrons. The van der Waals surface area contributed by atoms with Gasteiger partial charge in [0.05, 0.1) is 18.4 Å². The molecule has 0 atom stereocenters. The summed E-state index contributed by atoms with van der Waals surface area (Å²) in [7, 11) is 1.46. The van der Waals surface area contributed by atoms with Gasteiger partial charge in [0.25, 0.3) is 5.91 Å². The van der Waals surface area contributed by atoms with Crippen LogP contribution in [0.2, 0.25) is 5.02 Å². The first-order chi connectivity index (χ1) is 13.7. The van der Waals surface area contributed by atoms with Crippen LogP contribution < -0.4 is 14.3 Å². The van der Waals surface area contributed by atoms with Crippen molar-refractivity contribution in [1.82, 2.24) is 3.96 Å². The van der Waals surface area contributed by atoms with Crippen molar-refractivity contribution in [3.05, 3.63) is 39.2 Å². The molecule has 9 heteroatoms. The summed E-state index contributed by atoms with van der Waals surface area (Å²) >= 11 is 7.30. The molecule has 164 valence electrons. The number of benzene rings is 1. The molecule has 2 amide bonds. The molecule has 30 heavy (non-hydrogen) atoms. The molecule has 0 spiro atoms. The van der Waals surface area contributed by atoms with Crippen LogP contribution in [0.25, 0.3) is 0 Å². The van der Waals surface area contributed by atoms with E-state index < -0.39 is 17.5 Å². The van der Waals surface area contributed by atoms with Crippen LogP contribution in [0.3, 0.4) is 0 Å². The number of nitrogens with zero attached hydrogens (tertiary/aromatic N) is 3. The number of aromatic nitrogens is 1. The van der Waals surface area contributed by atoms with E-state index in [4.69, 9.17) is 16.3 Å². The SMILES string of the molecule is COc1ccc(Cl)cc1C(=O)N=c1sn(C(C)(C)C)c(C)c1N(C(=O)O)C(C)(C)C. The summed E-state index contributed by atoms with van der Waals surface area (Å²) in [6.07, 6.45) is -1.12. The molecule has 0 aliphatic carbocycles.